The topological polar surface area (TPSA) is 50.1 Å². The highest BCUT2D eigenvalue weighted by molar-refractivity contribution is 6.33. The molecule has 0 amide bonds. The third-order valence-corrected chi connectivity index (χ3v) is 9.31. The summed E-state index contributed by atoms with van der Waals surface area (Å²) >= 11 is 5.76. The Bertz CT molecular complexity index is 1020. The molecule has 1 aromatic rings. The molecule has 2 fully saturated rings. The molecule has 3 nitrogen and oxygen atoms in total. The van der Waals surface area contributed by atoms with E-state index in [-0.39, 0.29) is 10.7 Å². The zero-order chi connectivity index (χ0) is 40.2. The van der Waals surface area contributed by atoms with Gasteiger partial charge in [0.05, 0.1) is 16.3 Å². The summed E-state index contributed by atoms with van der Waals surface area (Å²) in [4.78, 5) is 0. The van der Waals surface area contributed by atoms with Crippen LogP contribution in [0.25, 0.3) is 0 Å². The standard InChI is InChI=1S/C14H19ClF3N.C11H16.C10H19N.C4H11N.2C2H6.C2H4/c1-2-3-4-5-6-7-10-8-11(14(16,17)18)13(19)12(15)9-10;1-3-7-10(2)11-8-5-4-6-9-11;1-2-4-9(5-3-1)10-6-7-11-8-10;1-3-4-5-2;3*1-2/h8-9H,2-7,19H2,1H3;4-5,8H,2-3,6-7,9H2,1H3;9-11H,1-8H2;5H,3-4H2,1-2H3;2*1-2H3;1-2H2. The molecule has 7 heteroatoms. The fourth-order valence-electron chi connectivity index (χ4n) is 6.28. The maximum Gasteiger partial charge on any atom is 0.418 e. The number of halogens is 4. The summed E-state index contributed by atoms with van der Waals surface area (Å²) in [5.74, 6) is 2.12. The SMILES string of the molecule is C1CCC(C2CCNC2)CC1.C=C.C=C(CCC)C1=CC=CCC1.CC.CC.CCCCCCCc1cc(Cl)c(N)c(C(F)(F)F)c1.CCCNC. The van der Waals surface area contributed by atoms with E-state index in [0.717, 1.165) is 63.0 Å². The smallest absolute Gasteiger partial charge is 0.397 e. The molecule has 3 aliphatic rings. The average Bonchev–Trinajstić information content (AvgIpc) is 3.72. The van der Waals surface area contributed by atoms with Crippen molar-refractivity contribution in [1.82, 2.24) is 10.6 Å². The maximum atomic E-state index is 12.8. The summed E-state index contributed by atoms with van der Waals surface area (Å²) in [6.45, 7) is 28.3. The van der Waals surface area contributed by atoms with Crippen molar-refractivity contribution in [1.29, 1.82) is 0 Å². The van der Waals surface area contributed by atoms with Gasteiger partial charge < -0.3 is 16.4 Å². The molecular formula is C45H81ClF3N3. The molecule has 304 valence electrons. The van der Waals surface area contributed by atoms with Crippen molar-refractivity contribution in [2.45, 2.75) is 164 Å². The number of benzene rings is 1. The molecule has 1 aliphatic heterocycles. The number of aryl methyl sites for hydroxylation is 1. The molecule has 0 aromatic heterocycles. The van der Waals surface area contributed by atoms with Gasteiger partial charge >= 0.3 is 6.18 Å². The lowest BCUT2D eigenvalue weighted by Crippen LogP contribution is -2.20. The van der Waals surface area contributed by atoms with Crippen molar-refractivity contribution >= 4 is 17.3 Å². The number of nitrogen functional groups attached to an aromatic ring is 1. The van der Waals surface area contributed by atoms with Crippen molar-refractivity contribution in [3.05, 3.63) is 77.4 Å². The Balaban J connectivity index is -0.000000628. The normalized spacial score (nSPS) is 16.2. The molecule has 2 aliphatic carbocycles. The Morgan fingerprint density at radius 1 is 0.904 bits per heavy atom. The van der Waals surface area contributed by atoms with E-state index in [4.69, 9.17) is 17.3 Å². The molecule has 1 heterocycles. The second-order valence-corrected chi connectivity index (χ2v) is 13.4. The summed E-state index contributed by atoms with van der Waals surface area (Å²) in [6, 6.07) is 2.65. The molecule has 0 bridgehead atoms. The minimum Gasteiger partial charge on any atom is -0.397 e. The zero-order valence-corrected chi connectivity index (χ0v) is 35.7. The minimum absolute atomic E-state index is 0.0154. The third-order valence-electron chi connectivity index (χ3n) is 9.00. The number of nitrogens with one attached hydrogen (secondary N) is 2. The number of hydrogen-bond acceptors (Lipinski definition) is 3. The molecule has 0 spiro atoms. The van der Waals surface area contributed by atoms with Crippen molar-refractivity contribution < 1.29 is 13.2 Å². The number of anilines is 1. The lowest BCUT2D eigenvalue weighted by atomic mass is 9.80. The molecular weight excluding hydrogens is 675 g/mol. The van der Waals surface area contributed by atoms with Gasteiger partial charge in [0, 0.05) is 0 Å². The van der Waals surface area contributed by atoms with Crippen LogP contribution in [0.3, 0.4) is 0 Å². The lowest BCUT2D eigenvalue weighted by Gasteiger charge is -2.26. The quantitative estimate of drug-likeness (QED) is 0.113. The van der Waals surface area contributed by atoms with Gasteiger partial charge in [-0.3, -0.25) is 0 Å². The largest absolute Gasteiger partial charge is 0.418 e. The van der Waals surface area contributed by atoms with E-state index >= 15 is 0 Å². The Labute approximate surface area is 325 Å². The van der Waals surface area contributed by atoms with E-state index in [1.165, 1.54) is 94.5 Å². The minimum atomic E-state index is -4.45. The molecule has 0 radical (unpaired) electrons. The molecule has 4 N–H and O–H groups in total. The van der Waals surface area contributed by atoms with Gasteiger partial charge in [0.2, 0.25) is 0 Å². The Hall–Kier alpha value is -2.02. The van der Waals surface area contributed by atoms with Crippen LogP contribution in [0.15, 0.2) is 61.2 Å². The number of hydrogen-bond donors (Lipinski definition) is 3. The lowest BCUT2D eigenvalue weighted by molar-refractivity contribution is -0.136. The van der Waals surface area contributed by atoms with Gasteiger partial charge in [0.1, 0.15) is 0 Å². The monoisotopic (exact) mass is 756 g/mol. The van der Waals surface area contributed by atoms with Gasteiger partial charge in [0.15, 0.2) is 0 Å². The fraction of sp³-hybridized carbons (Fsp3) is 0.689. The van der Waals surface area contributed by atoms with E-state index in [1.807, 2.05) is 34.7 Å². The first kappa shape index (κ1) is 54.3. The van der Waals surface area contributed by atoms with Crippen molar-refractivity contribution in [3.63, 3.8) is 0 Å². The van der Waals surface area contributed by atoms with E-state index < -0.39 is 11.7 Å². The zero-order valence-electron chi connectivity index (χ0n) is 34.9. The van der Waals surface area contributed by atoms with Gasteiger partial charge in [-0.15, -0.1) is 13.2 Å². The van der Waals surface area contributed by atoms with Crippen molar-refractivity contribution in [2.75, 3.05) is 32.4 Å². The van der Waals surface area contributed by atoms with Crippen LogP contribution in [0, 0.1) is 11.8 Å². The third kappa shape index (κ3) is 26.7. The summed E-state index contributed by atoms with van der Waals surface area (Å²) in [7, 11) is 1.96. The van der Waals surface area contributed by atoms with Crippen LogP contribution >= 0.6 is 11.6 Å². The number of allylic oxidation sites excluding steroid dienone is 5. The van der Waals surface area contributed by atoms with E-state index in [0.29, 0.717) is 12.0 Å². The second kappa shape index (κ2) is 37.3. The molecule has 1 unspecified atom stereocenters. The highest BCUT2D eigenvalue weighted by Crippen LogP contribution is 2.38. The first-order chi connectivity index (χ1) is 25.1. The van der Waals surface area contributed by atoms with Gasteiger partial charge in [-0.05, 0) is 107 Å². The summed E-state index contributed by atoms with van der Waals surface area (Å²) in [5.41, 5.74) is 7.55. The van der Waals surface area contributed by atoms with E-state index in [1.54, 1.807) is 0 Å². The Morgan fingerprint density at radius 3 is 2.00 bits per heavy atom. The number of alkyl halides is 3. The average molecular weight is 757 g/mol. The van der Waals surface area contributed by atoms with E-state index in [2.05, 4.69) is 69.4 Å². The maximum absolute atomic E-state index is 12.8. The Morgan fingerprint density at radius 2 is 1.54 bits per heavy atom. The highest BCUT2D eigenvalue weighted by Gasteiger charge is 2.34. The highest BCUT2D eigenvalue weighted by atomic mass is 35.5. The molecule has 1 aromatic carbocycles. The first-order valence-electron chi connectivity index (χ1n) is 20.6. The van der Waals surface area contributed by atoms with Crippen LogP contribution < -0.4 is 16.4 Å². The second-order valence-electron chi connectivity index (χ2n) is 13.0. The number of rotatable bonds is 12. The molecule has 1 atom stereocenters. The van der Waals surface area contributed by atoms with Crippen molar-refractivity contribution in [2.24, 2.45) is 11.8 Å². The summed E-state index contributed by atoms with van der Waals surface area (Å²) < 4.78 is 38.3. The van der Waals surface area contributed by atoms with Crippen LogP contribution in [0.4, 0.5) is 18.9 Å². The van der Waals surface area contributed by atoms with Crippen LogP contribution in [0.2, 0.25) is 5.02 Å². The molecule has 4 rings (SSSR count). The van der Waals surface area contributed by atoms with Gasteiger partial charge in [-0.2, -0.15) is 13.2 Å². The van der Waals surface area contributed by atoms with Gasteiger partial charge in [-0.25, -0.2) is 0 Å². The van der Waals surface area contributed by atoms with E-state index in [9.17, 15) is 13.2 Å². The van der Waals surface area contributed by atoms with Crippen LogP contribution in [-0.2, 0) is 12.6 Å². The van der Waals surface area contributed by atoms with Crippen molar-refractivity contribution in [3.8, 4) is 0 Å². The predicted octanol–water partition coefficient (Wildman–Crippen LogP) is 14.7. The molecule has 1 saturated heterocycles. The first-order valence-corrected chi connectivity index (χ1v) is 21.0. The fourth-order valence-corrected chi connectivity index (χ4v) is 6.52. The van der Waals surface area contributed by atoms with Gasteiger partial charge in [-0.1, -0.05) is 155 Å². The predicted molar refractivity (Wildman–Crippen MR) is 230 cm³/mol. The van der Waals surface area contributed by atoms with Crippen LogP contribution in [-0.4, -0.2) is 26.7 Å². The number of unbranched alkanes of at least 4 members (excludes halogenated alkanes) is 4. The Kier molecular flexibility index (Phi) is 39.0. The molecule has 1 saturated carbocycles. The summed E-state index contributed by atoms with van der Waals surface area (Å²) in [5, 5.41) is 6.47. The van der Waals surface area contributed by atoms with Crippen LogP contribution in [0.5, 0.6) is 0 Å². The number of nitrogens with two attached hydrogens (primary N) is 1. The van der Waals surface area contributed by atoms with Gasteiger partial charge in [0.25, 0.3) is 0 Å². The molecule has 52 heavy (non-hydrogen) atoms. The summed E-state index contributed by atoms with van der Waals surface area (Å²) in [6.07, 6.45) is 23.0. The van der Waals surface area contributed by atoms with Crippen LogP contribution in [0.1, 0.15) is 162 Å².